The van der Waals surface area contributed by atoms with E-state index in [-0.39, 0.29) is 12.3 Å². The summed E-state index contributed by atoms with van der Waals surface area (Å²) in [5, 5.41) is 2.73. The molecule has 0 saturated carbocycles. The van der Waals surface area contributed by atoms with E-state index in [2.05, 4.69) is 11.2 Å². The summed E-state index contributed by atoms with van der Waals surface area (Å²) in [6.07, 6.45) is 5.34. The lowest BCUT2D eigenvalue weighted by molar-refractivity contribution is -0.117. The Morgan fingerprint density at radius 3 is 3.00 bits per heavy atom. The minimum atomic E-state index is -0.693. The highest BCUT2D eigenvalue weighted by Crippen LogP contribution is 2.12. The van der Waals surface area contributed by atoms with E-state index < -0.39 is 6.04 Å². The van der Waals surface area contributed by atoms with E-state index in [0.29, 0.717) is 25.5 Å². The molecule has 20 heavy (non-hydrogen) atoms. The summed E-state index contributed by atoms with van der Waals surface area (Å²) in [7, 11) is 1.62. The molecule has 3 N–H and O–H groups in total. The molecule has 0 aliphatic carbocycles. The second kappa shape index (κ2) is 9.10. The minimum absolute atomic E-state index is 0.214. The number of benzene rings is 1. The summed E-state index contributed by atoms with van der Waals surface area (Å²) >= 11 is 0. The monoisotopic (exact) mass is 276 g/mol. The molecule has 1 amide bonds. The molecule has 1 atom stereocenters. The molecule has 0 heterocycles. The van der Waals surface area contributed by atoms with Crippen molar-refractivity contribution in [2.24, 2.45) is 5.73 Å². The topological polar surface area (TPSA) is 73.6 Å². The van der Waals surface area contributed by atoms with Crippen LogP contribution in [0.4, 0.5) is 5.69 Å². The first-order valence-corrected chi connectivity index (χ1v) is 6.33. The summed E-state index contributed by atoms with van der Waals surface area (Å²) in [6, 6.07) is 6.70. The van der Waals surface area contributed by atoms with Crippen LogP contribution < -0.4 is 11.1 Å². The molecule has 0 aliphatic heterocycles. The van der Waals surface area contributed by atoms with E-state index in [0.717, 1.165) is 5.56 Å². The number of hydrogen-bond donors (Lipinski definition) is 2. The van der Waals surface area contributed by atoms with Gasteiger partial charge in [0.15, 0.2) is 0 Å². The van der Waals surface area contributed by atoms with Crippen molar-refractivity contribution in [3.63, 3.8) is 0 Å². The Balaban J connectivity index is 2.51. The highest BCUT2D eigenvalue weighted by molar-refractivity contribution is 5.94. The van der Waals surface area contributed by atoms with Crippen molar-refractivity contribution >= 4 is 11.6 Å². The minimum Gasteiger partial charge on any atom is -0.382 e. The summed E-state index contributed by atoms with van der Waals surface area (Å²) < 4.78 is 10.3. The molecule has 0 bridgehead atoms. The summed E-state index contributed by atoms with van der Waals surface area (Å²) in [6.45, 7) is 1.54. The zero-order chi connectivity index (χ0) is 14.8. The van der Waals surface area contributed by atoms with E-state index in [1.54, 1.807) is 13.2 Å². The van der Waals surface area contributed by atoms with Crippen LogP contribution >= 0.6 is 0 Å². The number of anilines is 1. The van der Waals surface area contributed by atoms with Crippen molar-refractivity contribution in [2.75, 3.05) is 25.6 Å². The van der Waals surface area contributed by atoms with Crippen molar-refractivity contribution in [3.8, 4) is 12.3 Å². The molecule has 5 nitrogen and oxygen atoms in total. The third-order valence-electron chi connectivity index (χ3n) is 2.57. The van der Waals surface area contributed by atoms with E-state index in [4.69, 9.17) is 21.6 Å². The van der Waals surface area contributed by atoms with Gasteiger partial charge in [-0.3, -0.25) is 4.79 Å². The Morgan fingerprint density at radius 2 is 2.30 bits per heavy atom. The average Bonchev–Trinajstić information content (AvgIpc) is 2.44. The molecule has 0 radical (unpaired) electrons. The van der Waals surface area contributed by atoms with Crippen molar-refractivity contribution in [1.29, 1.82) is 0 Å². The zero-order valence-corrected chi connectivity index (χ0v) is 11.6. The first kappa shape index (κ1) is 16.2. The van der Waals surface area contributed by atoms with Gasteiger partial charge in [-0.2, -0.15) is 0 Å². The van der Waals surface area contributed by atoms with E-state index in [1.165, 1.54) is 0 Å². The molecule has 1 rings (SSSR count). The maximum absolute atomic E-state index is 11.7. The zero-order valence-electron chi connectivity index (χ0n) is 11.6. The van der Waals surface area contributed by atoms with Crippen LogP contribution in [0.1, 0.15) is 12.0 Å². The number of carbonyl (C=O) groups is 1. The van der Waals surface area contributed by atoms with E-state index in [9.17, 15) is 4.79 Å². The fraction of sp³-hybridized carbons (Fsp3) is 0.400. The van der Waals surface area contributed by atoms with Crippen LogP contribution in [0.2, 0.25) is 0 Å². The number of hydrogen-bond acceptors (Lipinski definition) is 4. The highest BCUT2D eigenvalue weighted by atomic mass is 16.5. The largest absolute Gasteiger partial charge is 0.382 e. The third-order valence-corrected chi connectivity index (χ3v) is 2.57. The van der Waals surface area contributed by atoms with Gasteiger partial charge >= 0.3 is 0 Å². The Morgan fingerprint density at radius 1 is 1.50 bits per heavy atom. The quantitative estimate of drug-likeness (QED) is 0.551. The average molecular weight is 276 g/mol. The van der Waals surface area contributed by atoms with Gasteiger partial charge in [-0.05, 0) is 17.7 Å². The number of nitrogens with one attached hydrogen (secondary N) is 1. The second-order valence-electron chi connectivity index (χ2n) is 4.25. The van der Waals surface area contributed by atoms with Crippen LogP contribution in [0.5, 0.6) is 0 Å². The van der Waals surface area contributed by atoms with Gasteiger partial charge < -0.3 is 20.5 Å². The van der Waals surface area contributed by atoms with Crippen LogP contribution in [0, 0.1) is 12.3 Å². The lowest BCUT2D eigenvalue weighted by atomic mass is 10.2. The lowest BCUT2D eigenvalue weighted by Crippen LogP contribution is -2.35. The first-order valence-electron chi connectivity index (χ1n) is 6.33. The van der Waals surface area contributed by atoms with Gasteiger partial charge in [0.05, 0.1) is 25.9 Å². The van der Waals surface area contributed by atoms with Crippen LogP contribution in [-0.4, -0.2) is 32.3 Å². The van der Waals surface area contributed by atoms with Crippen LogP contribution in [0.15, 0.2) is 24.3 Å². The van der Waals surface area contributed by atoms with Gasteiger partial charge in [0, 0.05) is 19.2 Å². The van der Waals surface area contributed by atoms with Crippen molar-refractivity contribution < 1.29 is 14.3 Å². The number of nitrogens with two attached hydrogens (primary N) is 1. The van der Waals surface area contributed by atoms with E-state index in [1.807, 2.05) is 18.2 Å². The Bertz CT molecular complexity index is 468. The van der Waals surface area contributed by atoms with E-state index >= 15 is 0 Å². The molecule has 1 aromatic carbocycles. The van der Waals surface area contributed by atoms with Crippen LogP contribution in [0.3, 0.4) is 0 Å². The maximum Gasteiger partial charge on any atom is 0.242 e. The molecule has 108 valence electrons. The predicted octanol–water partition coefficient (Wildman–Crippen LogP) is 1.14. The molecular formula is C15H20N2O3. The van der Waals surface area contributed by atoms with Crippen molar-refractivity contribution in [3.05, 3.63) is 29.8 Å². The standard InChI is InChI=1S/C15H20N2O3/c1-3-5-14(16)15(18)17-13-7-4-6-12(10-13)11-20-9-8-19-2/h1,4,6-7,10,14H,5,8-9,11,16H2,2H3,(H,17,18). The Labute approximate surface area is 119 Å². The van der Waals surface area contributed by atoms with Crippen LogP contribution in [0.25, 0.3) is 0 Å². The molecule has 0 aromatic heterocycles. The summed E-state index contributed by atoms with van der Waals surface area (Å²) in [5.74, 6) is 2.08. The molecule has 5 heteroatoms. The van der Waals surface area contributed by atoms with Gasteiger partial charge in [-0.1, -0.05) is 12.1 Å². The Kier molecular flexibility index (Phi) is 7.36. The Hall–Kier alpha value is -1.87. The van der Waals surface area contributed by atoms with Crippen molar-refractivity contribution in [1.82, 2.24) is 0 Å². The summed E-state index contributed by atoms with van der Waals surface area (Å²) in [5.41, 5.74) is 7.27. The predicted molar refractivity (Wildman–Crippen MR) is 78.0 cm³/mol. The molecule has 0 aliphatic rings. The van der Waals surface area contributed by atoms with Crippen molar-refractivity contribution in [2.45, 2.75) is 19.1 Å². The van der Waals surface area contributed by atoms with Gasteiger partial charge in [0.1, 0.15) is 0 Å². The molecule has 1 aromatic rings. The molecule has 0 spiro atoms. The number of ether oxygens (including phenoxy) is 2. The smallest absolute Gasteiger partial charge is 0.242 e. The SMILES string of the molecule is C#CCC(N)C(=O)Nc1cccc(COCCOC)c1. The van der Waals surface area contributed by atoms with Gasteiger partial charge in [0.2, 0.25) is 5.91 Å². The molecule has 0 fully saturated rings. The maximum atomic E-state index is 11.7. The number of carbonyl (C=O) groups excluding carboxylic acids is 1. The van der Waals surface area contributed by atoms with Gasteiger partial charge in [-0.25, -0.2) is 0 Å². The fourth-order valence-corrected chi connectivity index (χ4v) is 1.53. The molecular weight excluding hydrogens is 256 g/mol. The van der Waals surface area contributed by atoms with Gasteiger partial charge in [-0.15, -0.1) is 12.3 Å². The molecule has 0 saturated heterocycles. The number of methoxy groups -OCH3 is 1. The molecule has 1 unspecified atom stereocenters. The third kappa shape index (κ3) is 5.85. The number of amides is 1. The van der Waals surface area contributed by atoms with Gasteiger partial charge in [0.25, 0.3) is 0 Å². The second-order valence-corrected chi connectivity index (χ2v) is 4.25. The summed E-state index contributed by atoms with van der Waals surface area (Å²) in [4.78, 5) is 11.7. The first-order chi connectivity index (χ1) is 9.67. The number of terminal acetylenes is 1. The normalized spacial score (nSPS) is 11.7. The number of rotatable bonds is 8. The van der Waals surface area contributed by atoms with Crippen LogP contribution in [-0.2, 0) is 20.9 Å². The highest BCUT2D eigenvalue weighted by Gasteiger charge is 2.12. The fourth-order valence-electron chi connectivity index (χ4n) is 1.53. The lowest BCUT2D eigenvalue weighted by Gasteiger charge is -2.11.